The molecule has 4 aliphatic carbocycles. The number of rotatable bonds is 32. The number of carbonyl (C=O) groups excluding carboxylic acids is 10. The molecule has 4 unspecified atom stereocenters. The van der Waals surface area contributed by atoms with Gasteiger partial charge in [-0.2, -0.15) is 0 Å². The van der Waals surface area contributed by atoms with Crippen LogP contribution in [0, 0.1) is 122 Å². The molecule has 6 N–H and O–H groups in total. The van der Waals surface area contributed by atoms with E-state index in [1.807, 2.05) is 31.2 Å². The molecule has 26 nitrogen and oxygen atoms in total. The molecule has 2 saturated carbocycles. The molecule has 530 valence electrons. The van der Waals surface area contributed by atoms with Crippen LogP contribution >= 0.6 is 0 Å². The summed E-state index contributed by atoms with van der Waals surface area (Å²) in [4.78, 5) is 120. The Morgan fingerprint density at radius 2 is 0.929 bits per heavy atom. The maximum absolute atomic E-state index is 12.7. The van der Waals surface area contributed by atoms with Crippen molar-refractivity contribution in [3.8, 4) is 34.5 Å². The van der Waals surface area contributed by atoms with E-state index in [0.29, 0.717) is 112 Å². The van der Waals surface area contributed by atoms with Crippen LogP contribution in [-0.4, -0.2) is 156 Å². The molecule has 2 aromatic heterocycles. The summed E-state index contributed by atoms with van der Waals surface area (Å²) in [6, 6.07) is 16.5. The van der Waals surface area contributed by atoms with E-state index in [-0.39, 0.29) is 75.6 Å². The van der Waals surface area contributed by atoms with Crippen molar-refractivity contribution >= 4 is 65.9 Å². The van der Waals surface area contributed by atoms with Crippen molar-refractivity contribution in [2.45, 2.75) is 144 Å². The monoisotopic (exact) mass is 1750 g/mol. The average Bonchev–Trinajstić information content (AvgIpc) is 1.60. The Morgan fingerprint density at radius 3 is 1.37 bits per heavy atom. The molecule has 2 fully saturated rings. The first-order valence-electron chi connectivity index (χ1n) is 33.7. The second-order valence-corrected chi connectivity index (χ2v) is 28.0. The Bertz CT molecular complexity index is 3350. The number of hydrogen-bond donors (Lipinski definition) is 6. The number of amides is 6. The molecule has 4 aromatic rings. The van der Waals surface area contributed by atoms with Crippen molar-refractivity contribution < 1.29 is 116 Å². The molecule has 2 heterocycles. The fourth-order valence-electron chi connectivity index (χ4n) is 12.3. The van der Waals surface area contributed by atoms with Gasteiger partial charge in [-0.1, -0.05) is 12.8 Å². The topological polar surface area (TPSA) is 357 Å². The van der Waals surface area contributed by atoms with Gasteiger partial charge in [0.2, 0.25) is 23.6 Å². The minimum absolute atomic E-state index is 0.0564. The van der Waals surface area contributed by atoms with E-state index in [1.54, 1.807) is 70.2 Å². The predicted molar refractivity (Wildman–Crippen MR) is 352 cm³/mol. The van der Waals surface area contributed by atoms with Gasteiger partial charge in [0.05, 0.1) is 32.9 Å². The number of fused-ring (bicyclic) bond motifs is 3. The summed E-state index contributed by atoms with van der Waals surface area (Å²) in [6.45, 7) is 10.9. The number of aryl methyl sites for hydroxylation is 2. The first kappa shape index (κ1) is 79.5. The zero-order valence-corrected chi connectivity index (χ0v) is 62.7. The van der Waals surface area contributed by atoms with Crippen LogP contribution in [0.15, 0.2) is 48.5 Å². The third kappa shape index (κ3) is 28.4. The zero-order valence-electron chi connectivity index (χ0n) is 56.8. The fourth-order valence-corrected chi connectivity index (χ4v) is 13.2. The number of nitrogens with one attached hydrogen (secondary N) is 6. The molecule has 8 rings (SSSR count). The summed E-state index contributed by atoms with van der Waals surface area (Å²) in [7, 11) is 0. The van der Waals surface area contributed by atoms with Gasteiger partial charge in [-0.15, -0.1) is 11.8 Å². The van der Waals surface area contributed by atoms with Gasteiger partial charge in [-0.3, -0.25) is 38.4 Å². The zero-order chi connectivity index (χ0) is 70.9. The normalized spacial score (nSPS) is 18.1. The van der Waals surface area contributed by atoms with Crippen LogP contribution in [0.4, 0.5) is 9.59 Å². The van der Waals surface area contributed by atoms with E-state index >= 15 is 0 Å². The third-order valence-electron chi connectivity index (χ3n) is 17.5. The van der Waals surface area contributed by atoms with Gasteiger partial charge in [0.15, 0.2) is 11.6 Å². The molecule has 0 spiro atoms. The van der Waals surface area contributed by atoms with Gasteiger partial charge in [0.25, 0.3) is 0 Å². The number of nitrogens with zero attached hydrogens (tertiary/aromatic N) is 6. The third-order valence-corrected chi connectivity index (χ3v) is 19.4. The molecule has 28 heteroatoms. The van der Waals surface area contributed by atoms with Crippen LogP contribution in [-0.2, 0) is 70.1 Å². The van der Waals surface area contributed by atoms with Crippen molar-refractivity contribution in [1.29, 1.82) is 0 Å². The number of ether oxygens (including phenoxy) is 4. The molecule has 6 amide bonds. The quantitative estimate of drug-likeness (QED) is 0.0166. The first-order chi connectivity index (χ1) is 47.1. The van der Waals surface area contributed by atoms with Crippen LogP contribution in [0.1, 0.15) is 140 Å². The Kier molecular flexibility index (Phi) is 34.4. The predicted octanol–water partition coefficient (Wildman–Crippen LogP) is 4.78. The second kappa shape index (κ2) is 42.4. The Morgan fingerprint density at radius 1 is 0.500 bits per heavy atom. The molecule has 0 saturated heterocycles. The van der Waals surface area contributed by atoms with Crippen LogP contribution < -0.4 is 38.4 Å². The maximum atomic E-state index is 12.7. The van der Waals surface area contributed by atoms with Gasteiger partial charge >= 0.3 is 273 Å². The number of alkyl carbamates (subject to hydrolysis) is 2. The van der Waals surface area contributed by atoms with Gasteiger partial charge in [0, 0.05) is 64.5 Å². The average molecular weight is 1750 g/mol. The standard InChI is InChI=1S/C35H46AtN5O7.C26H39N3O7.C9H7AtN4/c1-4-47-32(44)19-39-34(45)24(17-26(43)18-38-22(3)42)7-5-6-16-37-35(46)48-20-31-28-13-12-27-21(2)40-41-33(30(27)15-14-29(28)31)23-8-10-25(36)11-9-23;1-3-35-24(32)16-29-25(33)19(14-20(31)15-28-18(2)30)10-8-9-13-27-26(34)36-17-23-21-11-6-4-5-7-12-22(21)23;1-6-11-13-9(14-12-6)7-2-4-8(10)5-3-7/h8-11,24,28-29,31H,4-7,12-20H2,1-3H3,(H,37,46)(H,38,42)(H,39,45);19,21-23H,3,6-17H2,1-2H3,(H,27,34)(H,28,30)(H,29,33);2-5H,1H3/t24-,28?,29?,31+;19-,21?,22?,23?;/m11./s1/i36+1;;10+1. The van der Waals surface area contributed by atoms with Crippen molar-refractivity contribution in [3.63, 3.8) is 0 Å². The summed E-state index contributed by atoms with van der Waals surface area (Å²) in [5.41, 5.74) is 6.64. The summed E-state index contributed by atoms with van der Waals surface area (Å²) in [5.74, 6) is 6.06. The van der Waals surface area contributed by atoms with Crippen LogP contribution in [0.3, 0.4) is 0 Å². The van der Waals surface area contributed by atoms with Gasteiger partial charge in [-0.25, -0.2) is 9.59 Å². The van der Waals surface area contributed by atoms with Crippen molar-refractivity contribution in [1.82, 2.24) is 62.5 Å². The van der Waals surface area contributed by atoms with Gasteiger partial charge < -0.3 is 46.1 Å². The number of benzene rings is 2. The number of esters is 2. The van der Waals surface area contributed by atoms with E-state index in [4.69, 9.17) is 18.9 Å². The summed E-state index contributed by atoms with van der Waals surface area (Å²) < 4.78 is 23.2. The Balaban J connectivity index is 0.000000264. The first-order valence-corrected chi connectivity index (χ1v) is 36.6. The van der Waals surface area contributed by atoms with Crippen molar-refractivity contribution in [2.24, 2.45) is 47.3 Å². The molecule has 0 radical (unpaired) electrons. The molecule has 4 aliphatic rings. The molecule has 7 atom stereocenters. The number of aromatic nitrogens is 6. The van der Waals surface area contributed by atoms with Gasteiger partial charge in [-0.05, 0) is 70.1 Å². The van der Waals surface area contributed by atoms with Crippen molar-refractivity contribution in [2.75, 3.05) is 65.7 Å². The number of Topliss-reactive ketones (excluding diaryl/α,β-unsaturated/α-hetero) is 2. The molecular formula is C70H92At2N12O14. The molecule has 0 aliphatic heterocycles. The van der Waals surface area contributed by atoms with Crippen LogP contribution in [0.5, 0.6) is 0 Å². The summed E-state index contributed by atoms with van der Waals surface area (Å²) in [5, 5.41) is 40.2. The van der Waals surface area contributed by atoms with E-state index in [1.165, 1.54) is 31.5 Å². The SMILES string of the molecule is CCOC(=O)CNC(=O)[C@H](CCCCNC(=O)OCC1C2CCC#CCCC21)CC(=O)CNC(C)=O.CCOC(=O)CNC(=O)[C@H](CCCCNC(=O)OC[C@H]1C2CCc3c(C)nnc(-c4ccc([211At])cc4)c3CCC21)CC(=O)CNC(C)=O.Cc1nnc(-c2ccc([211At])cc2)nn1. The van der Waals surface area contributed by atoms with Crippen molar-refractivity contribution in [3.05, 3.63) is 71.2 Å². The van der Waals surface area contributed by atoms with E-state index in [2.05, 4.69) is 98.6 Å². The molecule has 0 bridgehead atoms. The minimum atomic E-state index is -0.672. The molecular weight excluding hydrogens is 1650 g/mol. The van der Waals surface area contributed by atoms with Crippen LogP contribution in [0.2, 0.25) is 0 Å². The second-order valence-electron chi connectivity index (χ2n) is 24.7. The van der Waals surface area contributed by atoms with E-state index < -0.39 is 47.8 Å². The Labute approximate surface area is 603 Å². The summed E-state index contributed by atoms with van der Waals surface area (Å²) >= 11 is 3.30. The van der Waals surface area contributed by atoms with Gasteiger partial charge in [0.1, 0.15) is 13.1 Å². The number of carbonyl (C=O) groups is 10. The Hall–Kier alpha value is -7.51. The number of hydrogen-bond acceptors (Lipinski definition) is 20. The van der Waals surface area contributed by atoms with E-state index in [0.717, 1.165) is 73.9 Å². The number of unbranched alkanes of at least 4 members (excludes halogenated alkanes) is 2. The molecule has 2 aromatic carbocycles. The summed E-state index contributed by atoms with van der Waals surface area (Å²) in [6.07, 6.45) is 10.0. The molecule has 98 heavy (non-hydrogen) atoms. The van der Waals surface area contributed by atoms with E-state index in [9.17, 15) is 47.9 Å². The number of ketones is 2. The van der Waals surface area contributed by atoms with Crippen LogP contribution in [0.25, 0.3) is 22.6 Å². The fraction of sp³-hybridized carbons (Fsp3) is 0.571.